The Morgan fingerprint density at radius 3 is 2.26 bits per heavy atom. The lowest BCUT2D eigenvalue weighted by Crippen LogP contribution is -2.40. The molecule has 1 N–H and O–H groups in total. The summed E-state index contributed by atoms with van der Waals surface area (Å²) >= 11 is 1.36. The van der Waals surface area contributed by atoms with Crippen LogP contribution in [0.15, 0.2) is 106 Å². The molecular formula is C38H39N5O2S. The molecule has 0 aliphatic carbocycles. The van der Waals surface area contributed by atoms with Gasteiger partial charge >= 0.3 is 0 Å². The molecule has 8 heteroatoms. The van der Waals surface area contributed by atoms with Gasteiger partial charge in [-0.2, -0.15) is 0 Å². The van der Waals surface area contributed by atoms with Crippen molar-refractivity contribution in [2.24, 2.45) is 4.99 Å². The van der Waals surface area contributed by atoms with Crippen molar-refractivity contribution in [2.75, 3.05) is 24.3 Å². The summed E-state index contributed by atoms with van der Waals surface area (Å²) < 4.78 is 4.47. The first-order valence-corrected chi connectivity index (χ1v) is 16.3. The zero-order valence-electron chi connectivity index (χ0n) is 27.3. The molecule has 0 bridgehead atoms. The Labute approximate surface area is 273 Å². The van der Waals surface area contributed by atoms with Crippen LogP contribution in [0.4, 0.5) is 11.4 Å². The molecule has 2 aromatic heterocycles. The second kappa shape index (κ2) is 12.4. The molecule has 1 aliphatic heterocycles. The highest BCUT2D eigenvalue weighted by Gasteiger charge is 2.32. The summed E-state index contributed by atoms with van der Waals surface area (Å²) in [5, 5.41) is 3.03. The summed E-state index contributed by atoms with van der Waals surface area (Å²) in [6, 6.07) is 27.5. The molecule has 0 spiro atoms. The first-order valence-electron chi connectivity index (χ1n) is 15.5. The van der Waals surface area contributed by atoms with Crippen molar-refractivity contribution in [1.82, 2.24) is 9.13 Å². The molecule has 0 radical (unpaired) electrons. The number of aryl methyl sites for hydroxylation is 1. The number of hydrogen-bond donors (Lipinski definition) is 1. The largest absolute Gasteiger partial charge is 0.378 e. The molecule has 1 aliphatic rings. The van der Waals surface area contributed by atoms with E-state index >= 15 is 0 Å². The van der Waals surface area contributed by atoms with Crippen molar-refractivity contribution in [3.8, 4) is 5.69 Å². The van der Waals surface area contributed by atoms with Crippen LogP contribution in [0.5, 0.6) is 0 Å². The van der Waals surface area contributed by atoms with E-state index in [9.17, 15) is 9.59 Å². The Balaban J connectivity index is 1.47. The summed E-state index contributed by atoms with van der Waals surface area (Å²) in [6.07, 6.45) is 1.96. The Morgan fingerprint density at radius 1 is 0.957 bits per heavy atom. The normalized spacial score (nSPS) is 14.8. The van der Waals surface area contributed by atoms with Gasteiger partial charge in [0.2, 0.25) is 0 Å². The lowest BCUT2D eigenvalue weighted by molar-refractivity contribution is -0.113. The van der Waals surface area contributed by atoms with Gasteiger partial charge in [-0.1, -0.05) is 67.6 Å². The molecule has 1 amide bonds. The van der Waals surface area contributed by atoms with E-state index in [-0.39, 0.29) is 11.5 Å². The van der Waals surface area contributed by atoms with Gasteiger partial charge in [0.1, 0.15) is 0 Å². The van der Waals surface area contributed by atoms with Gasteiger partial charge in [0.25, 0.3) is 11.5 Å². The molecule has 0 fully saturated rings. The van der Waals surface area contributed by atoms with E-state index in [0.717, 1.165) is 33.9 Å². The minimum absolute atomic E-state index is 0.167. The summed E-state index contributed by atoms with van der Waals surface area (Å²) in [6.45, 7) is 10.3. The number of carbonyl (C=O) groups is 1. The van der Waals surface area contributed by atoms with Gasteiger partial charge in [-0.3, -0.25) is 14.2 Å². The van der Waals surface area contributed by atoms with Crippen molar-refractivity contribution >= 4 is 34.7 Å². The van der Waals surface area contributed by atoms with Crippen LogP contribution < -0.4 is 25.1 Å². The molecule has 5 aromatic rings. The van der Waals surface area contributed by atoms with Crippen LogP contribution in [-0.2, 0) is 4.79 Å². The third-order valence-electron chi connectivity index (χ3n) is 8.60. The number of para-hydroxylation sites is 1. The number of nitrogens with zero attached hydrogens (tertiary/aromatic N) is 4. The van der Waals surface area contributed by atoms with Crippen LogP contribution in [0.25, 0.3) is 11.8 Å². The SMILES string of the molecule is CC1=C(C(=O)Nc2ccccc2)[C@H](c2ccc(C(C)C)cc2)n2c(s/c(=C/c3cc(C)n(-c4ccc(N(C)C)cc4)c3C)c2=O)=N1. The Morgan fingerprint density at radius 2 is 1.63 bits per heavy atom. The molecule has 6 rings (SSSR count). The summed E-state index contributed by atoms with van der Waals surface area (Å²) in [5.41, 5.74) is 8.92. The van der Waals surface area contributed by atoms with E-state index in [0.29, 0.717) is 32.2 Å². The van der Waals surface area contributed by atoms with Gasteiger partial charge in [0.05, 0.1) is 21.8 Å². The van der Waals surface area contributed by atoms with Gasteiger partial charge in [0, 0.05) is 42.5 Å². The second-order valence-electron chi connectivity index (χ2n) is 12.3. The third-order valence-corrected chi connectivity index (χ3v) is 9.58. The number of allylic oxidation sites excluding steroid dienone is 1. The average Bonchev–Trinajstić information content (AvgIpc) is 3.49. The number of nitrogens with one attached hydrogen (secondary N) is 1. The first kappa shape index (κ1) is 31.0. The fourth-order valence-corrected chi connectivity index (χ4v) is 7.12. The van der Waals surface area contributed by atoms with Crippen molar-refractivity contribution in [3.63, 3.8) is 0 Å². The summed E-state index contributed by atoms with van der Waals surface area (Å²) in [7, 11) is 4.06. The van der Waals surface area contributed by atoms with E-state index in [1.165, 1.54) is 16.9 Å². The van der Waals surface area contributed by atoms with E-state index < -0.39 is 6.04 Å². The van der Waals surface area contributed by atoms with Gasteiger partial charge in [-0.05, 0) is 91.9 Å². The molecule has 0 unspecified atom stereocenters. The first-order chi connectivity index (χ1) is 22.0. The molecule has 0 saturated carbocycles. The number of fused-ring (bicyclic) bond motifs is 1. The molecule has 1 atom stereocenters. The summed E-state index contributed by atoms with van der Waals surface area (Å²) in [5.74, 6) is 0.0857. The monoisotopic (exact) mass is 629 g/mol. The Bertz CT molecular complexity index is 2130. The van der Waals surface area contributed by atoms with Crippen LogP contribution in [0.3, 0.4) is 0 Å². The molecule has 3 heterocycles. The fourth-order valence-electron chi connectivity index (χ4n) is 6.08. The Hall–Kier alpha value is -4.95. The molecule has 3 aromatic carbocycles. The zero-order chi connectivity index (χ0) is 32.7. The molecular weight excluding hydrogens is 591 g/mol. The quantitative estimate of drug-likeness (QED) is 0.224. The number of aromatic nitrogens is 2. The number of amides is 1. The number of anilines is 2. The van der Waals surface area contributed by atoms with Crippen molar-refractivity contribution in [3.05, 3.63) is 144 Å². The molecule has 0 saturated heterocycles. The third kappa shape index (κ3) is 5.76. The van der Waals surface area contributed by atoms with Crippen molar-refractivity contribution < 1.29 is 4.79 Å². The van der Waals surface area contributed by atoms with Crippen LogP contribution in [-0.4, -0.2) is 29.1 Å². The molecule has 46 heavy (non-hydrogen) atoms. The number of carbonyl (C=O) groups excluding carboxylic acids is 1. The number of hydrogen-bond acceptors (Lipinski definition) is 5. The van der Waals surface area contributed by atoms with Crippen molar-refractivity contribution in [1.29, 1.82) is 0 Å². The maximum absolute atomic E-state index is 14.3. The maximum atomic E-state index is 14.3. The van der Waals surface area contributed by atoms with Crippen LogP contribution in [0.2, 0.25) is 0 Å². The van der Waals surface area contributed by atoms with E-state index in [2.05, 4.69) is 84.9 Å². The molecule has 234 valence electrons. The predicted octanol–water partition coefficient (Wildman–Crippen LogP) is 6.47. The van der Waals surface area contributed by atoms with Gasteiger partial charge in [-0.15, -0.1) is 0 Å². The fraction of sp³-hybridized carbons (Fsp3) is 0.237. The lowest BCUT2D eigenvalue weighted by Gasteiger charge is -2.25. The highest BCUT2D eigenvalue weighted by Crippen LogP contribution is 2.32. The number of rotatable bonds is 7. The van der Waals surface area contributed by atoms with E-state index in [1.807, 2.05) is 69.6 Å². The highest BCUT2D eigenvalue weighted by molar-refractivity contribution is 7.07. The zero-order valence-corrected chi connectivity index (χ0v) is 28.1. The van der Waals surface area contributed by atoms with Crippen LogP contribution in [0, 0.1) is 13.8 Å². The summed E-state index contributed by atoms with van der Waals surface area (Å²) in [4.78, 5) is 35.7. The molecule has 7 nitrogen and oxygen atoms in total. The Kier molecular flexibility index (Phi) is 8.40. The van der Waals surface area contributed by atoms with Crippen molar-refractivity contribution in [2.45, 2.75) is 46.6 Å². The standard InChI is InChI=1S/C38H39N5O2S/c1-23(2)27-13-15-28(16-14-27)35-34(36(44)40-30-11-9-8-10-12-30)25(4)39-38-43(35)37(45)33(46-38)22-29-21-24(3)42(26(29)5)32-19-17-31(18-20-32)41(6)7/h8-23,35H,1-7H3,(H,40,44)/b33-22+/t35-/m0/s1. The van der Waals surface area contributed by atoms with Crippen LogP contribution >= 0.6 is 11.3 Å². The maximum Gasteiger partial charge on any atom is 0.271 e. The van der Waals surface area contributed by atoms with Gasteiger partial charge in [-0.25, -0.2) is 4.99 Å². The van der Waals surface area contributed by atoms with Gasteiger partial charge < -0.3 is 14.8 Å². The topological polar surface area (TPSA) is 71.6 Å². The number of thiazole rings is 1. The lowest BCUT2D eigenvalue weighted by atomic mass is 9.93. The van der Waals surface area contributed by atoms with Crippen LogP contribution in [0.1, 0.15) is 60.8 Å². The van der Waals surface area contributed by atoms with Gasteiger partial charge in [0.15, 0.2) is 4.80 Å². The second-order valence-corrected chi connectivity index (χ2v) is 13.3. The highest BCUT2D eigenvalue weighted by atomic mass is 32.1. The van der Waals surface area contributed by atoms with E-state index in [1.54, 1.807) is 4.57 Å². The minimum atomic E-state index is -0.619. The minimum Gasteiger partial charge on any atom is -0.378 e. The predicted molar refractivity (Wildman–Crippen MR) is 189 cm³/mol. The smallest absolute Gasteiger partial charge is 0.271 e. The van der Waals surface area contributed by atoms with E-state index in [4.69, 9.17) is 4.99 Å². The number of benzene rings is 3. The average molecular weight is 630 g/mol.